The fraction of sp³-hybridized carbons (Fsp3) is 0.529. The van der Waals surface area contributed by atoms with E-state index < -0.39 is 0 Å². The molecule has 1 heteroatoms. The van der Waals surface area contributed by atoms with Gasteiger partial charge < -0.3 is 4.98 Å². The predicted octanol–water partition coefficient (Wildman–Crippen LogP) is 4.49. The van der Waals surface area contributed by atoms with Gasteiger partial charge in [-0.1, -0.05) is 31.9 Å². The summed E-state index contributed by atoms with van der Waals surface area (Å²) in [6.07, 6.45) is 9.40. The first kappa shape index (κ1) is 10.7. The number of hydrogen-bond acceptors (Lipinski definition) is 0. The van der Waals surface area contributed by atoms with Crippen LogP contribution in [0.4, 0.5) is 0 Å². The third-order valence-corrected chi connectivity index (χ3v) is 5.23. The molecule has 0 bridgehead atoms. The van der Waals surface area contributed by atoms with Gasteiger partial charge in [0, 0.05) is 16.6 Å². The number of aromatic amines is 1. The van der Waals surface area contributed by atoms with Gasteiger partial charge in [-0.2, -0.15) is 0 Å². The second-order valence-electron chi connectivity index (χ2n) is 6.43. The van der Waals surface area contributed by atoms with Gasteiger partial charge in [-0.05, 0) is 54.7 Å². The molecule has 2 aliphatic carbocycles. The summed E-state index contributed by atoms with van der Waals surface area (Å²) in [5.41, 5.74) is 6.58. The van der Waals surface area contributed by atoms with Crippen LogP contribution in [0.5, 0.6) is 0 Å². The summed E-state index contributed by atoms with van der Waals surface area (Å²) < 4.78 is 0. The summed E-state index contributed by atoms with van der Waals surface area (Å²) in [4.78, 5) is 3.66. The molecule has 18 heavy (non-hydrogen) atoms. The molecule has 1 N–H and O–H groups in total. The van der Waals surface area contributed by atoms with Gasteiger partial charge in [-0.15, -0.1) is 0 Å². The molecule has 2 aromatic rings. The van der Waals surface area contributed by atoms with Crippen LogP contribution in [0.25, 0.3) is 10.9 Å². The smallest absolute Gasteiger partial charge is 0.0461 e. The van der Waals surface area contributed by atoms with Crippen molar-refractivity contribution in [2.75, 3.05) is 0 Å². The molecule has 0 atom stereocenters. The molecule has 1 nitrogen and oxygen atoms in total. The highest BCUT2D eigenvalue weighted by Crippen LogP contribution is 2.45. The summed E-state index contributed by atoms with van der Waals surface area (Å²) in [5.74, 6) is 0. The number of H-pyrrole nitrogens is 1. The van der Waals surface area contributed by atoms with Crippen molar-refractivity contribution < 1.29 is 0 Å². The summed E-state index contributed by atoms with van der Waals surface area (Å²) in [5, 5.41) is 1.58. The molecular formula is C17H21N. The molecule has 0 aliphatic heterocycles. The van der Waals surface area contributed by atoms with E-state index in [0.717, 1.165) is 0 Å². The zero-order valence-electron chi connectivity index (χ0n) is 11.2. The van der Waals surface area contributed by atoms with Gasteiger partial charge in [0.25, 0.3) is 0 Å². The lowest BCUT2D eigenvalue weighted by molar-refractivity contribution is 0.495. The van der Waals surface area contributed by atoms with Crippen LogP contribution in [0, 0.1) is 0 Å². The zero-order valence-corrected chi connectivity index (χ0v) is 11.2. The molecule has 1 aromatic carbocycles. The maximum Gasteiger partial charge on any atom is 0.0461 e. The van der Waals surface area contributed by atoms with Crippen LogP contribution < -0.4 is 0 Å². The van der Waals surface area contributed by atoms with E-state index in [1.165, 1.54) is 56.2 Å². The predicted molar refractivity (Wildman–Crippen MR) is 76.1 cm³/mol. The monoisotopic (exact) mass is 239 g/mol. The Bertz CT molecular complexity index is 599. The lowest BCUT2D eigenvalue weighted by Gasteiger charge is -2.25. The Morgan fingerprint density at radius 1 is 1.06 bits per heavy atom. The Labute approximate surface area is 109 Å². The van der Waals surface area contributed by atoms with Crippen LogP contribution >= 0.6 is 0 Å². The molecule has 0 amide bonds. The fourth-order valence-electron chi connectivity index (χ4n) is 4.23. The standard InChI is InChI=1S/C17H21N/c1-17(10-2-3-11-17)13-7-5-9-15-16(13)12-6-4-8-14(12)18-15/h5,7,9,18H,2-4,6,8,10-11H2,1H3. The lowest BCUT2D eigenvalue weighted by Crippen LogP contribution is -2.17. The van der Waals surface area contributed by atoms with E-state index in [0.29, 0.717) is 5.41 Å². The highest BCUT2D eigenvalue weighted by molar-refractivity contribution is 5.89. The maximum absolute atomic E-state index is 3.66. The summed E-state index contributed by atoms with van der Waals surface area (Å²) in [7, 11) is 0. The number of nitrogens with one attached hydrogen (secondary N) is 1. The molecule has 94 valence electrons. The van der Waals surface area contributed by atoms with Crippen LogP contribution in [-0.2, 0) is 18.3 Å². The van der Waals surface area contributed by atoms with Gasteiger partial charge in [-0.3, -0.25) is 0 Å². The third kappa shape index (κ3) is 1.33. The second kappa shape index (κ2) is 3.63. The van der Waals surface area contributed by atoms with Gasteiger partial charge in [0.1, 0.15) is 0 Å². The third-order valence-electron chi connectivity index (χ3n) is 5.23. The molecule has 1 heterocycles. The van der Waals surface area contributed by atoms with Crippen LogP contribution in [-0.4, -0.2) is 4.98 Å². The van der Waals surface area contributed by atoms with Crippen LogP contribution in [0.15, 0.2) is 18.2 Å². The average Bonchev–Trinajstić information content (AvgIpc) is 3.03. The largest absolute Gasteiger partial charge is 0.358 e. The van der Waals surface area contributed by atoms with Crippen molar-refractivity contribution in [3.63, 3.8) is 0 Å². The Hall–Kier alpha value is -1.24. The van der Waals surface area contributed by atoms with Crippen LogP contribution in [0.2, 0.25) is 0 Å². The average molecular weight is 239 g/mol. The molecule has 1 fully saturated rings. The molecule has 0 radical (unpaired) electrons. The van der Waals surface area contributed by atoms with Crippen molar-refractivity contribution in [2.45, 2.75) is 57.3 Å². The quantitative estimate of drug-likeness (QED) is 0.754. The molecule has 0 saturated heterocycles. The van der Waals surface area contributed by atoms with Gasteiger partial charge in [0.2, 0.25) is 0 Å². The summed E-state index contributed by atoms with van der Waals surface area (Å²) >= 11 is 0. The molecule has 2 aliphatic rings. The molecule has 1 saturated carbocycles. The second-order valence-corrected chi connectivity index (χ2v) is 6.43. The molecule has 4 rings (SSSR count). The van der Waals surface area contributed by atoms with E-state index >= 15 is 0 Å². The van der Waals surface area contributed by atoms with Crippen molar-refractivity contribution in [1.82, 2.24) is 4.98 Å². The zero-order chi connectivity index (χ0) is 12.2. The minimum atomic E-state index is 0.429. The van der Waals surface area contributed by atoms with Crippen molar-refractivity contribution in [3.8, 4) is 0 Å². The first-order valence-electron chi connectivity index (χ1n) is 7.41. The summed E-state index contributed by atoms with van der Waals surface area (Å²) in [6, 6.07) is 6.89. The number of rotatable bonds is 1. The van der Waals surface area contributed by atoms with Crippen LogP contribution in [0.1, 0.15) is 55.8 Å². The summed E-state index contributed by atoms with van der Waals surface area (Å²) in [6.45, 7) is 2.48. The Balaban J connectivity index is 2.00. The minimum Gasteiger partial charge on any atom is -0.358 e. The van der Waals surface area contributed by atoms with Crippen molar-refractivity contribution >= 4 is 10.9 Å². The number of hydrogen-bond donors (Lipinski definition) is 1. The van der Waals surface area contributed by atoms with E-state index in [4.69, 9.17) is 0 Å². The number of benzene rings is 1. The number of aryl methyl sites for hydroxylation is 2. The van der Waals surface area contributed by atoms with Crippen molar-refractivity contribution in [1.29, 1.82) is 0 Å². The highest BCUT2D eigenvalue weighted by Gasteiger charge is 2.33. The van der Waals surface area contributed by atoms with Crippen molar-refractivity contribution in [2.24, 2.45) is 0 Å². The maximum atomic E-state index is 3.66. The Morgan fingerprint density at radius 3 is 2.72 bits per heavy atom. The Morgan fingerprint density at radius 2 is 1.89 bits per heavy atom. The van der Waals surface area contributed by atoms with Gasteiger partial charge >= 0.3 is 0 Å². The first-order chi connectivity index (χ1) is 8.78. The van der Waals surface area contributed by atoms with Gasteiger partial charge in [-0.25, -0.2) is 0 Å². The topological polar surface area (TPSA) is 15.8 Å². The van der Waals surface area contributed by atoms with Crippen molar-refractivity contribution in [3.05, 3.63) is 35.0 Å². The SMILES string of the molecule is CC1(c2cccc3[nH]c4c(c23)CCC4)CCCC1. The van der Waals surface area contributed by atoms with E-state index in [1.807, 2.05) is 0 Å². The minimum absolute atomic E-state index is 0.429. The van der Waals surface area contributed by atoms with Gasteiger partial charge in [0.05, 0.1) is 0 Å². The van der Waals surface area contributed by atoms with Crippen LogP contribution in [0.3, 0.4) is 0 Å². The fourth-order valence-corrected chi connectivity index (χ4v) is 4.23. The first-order valence-corrected chi connectivity index (χ1v) is 7.41. The number of aromatic nitrogens is 1. The van der Waals surface area contributed by atoms with E-state index in [2.05, 4.69) is 30.1 Å². The molecule has 0 spiro atoms. The molecular weight excluding hydrogens is 218 g/mol. The number of fused-ring (bicyclic) bond motifs is 3. The normalized spacial score (nSPS) is 21.6. The van der Waals surface area contributed by atoms with Gasteiger partial charge in [0.15, 0.2) is 0 Å². The Kier molecular flexibility index (Phi) is 2.15. The lowest BCUT2D eigenvalue weighted by atomic mass is 9.78. The van der Waals surface area contributed by atoms with E-state index in [9.17, 15) is 0 Å². The molecule has 0 unspecified atom stereocenters. The molecule has 1 aromatic heterocycles. The van der Waals surface area contributed by atoms with E-state index in [1.54, 1.807) is 16.5 Å². The highest BCUT2D eigenvalue weighted by atomic mass is 14.7. The van der Waals surface area contributed by atoms with E-state index in [-0.39, 0.29) is 0 Å².